The molecule has 0 atom stereocenters. The molecule has 5 heteroatoms. The summed E-state index contributed by atoms with van der Waals surface area (Å²) in [6.07, 6.45) is 3.19. The third-order valence-electron chi connectivity index (χ3n) is 3.06. The van der Waals surface area contributed by atoms with Gasteiger partial charge in [0.1, 0.15) is 5.75 Å². The third kappa shape index (κ3) is 3.76. The molecule has 1 N–H and O–H groups in total. The topological polar surface area (TPSA) is 50.2 Å². The zero-order valence-electron chi connectivity index (χ0n) is 13.0. The summed E-state index contributed by atoms with van der Waals surface area (Å²) in [5.74, 6) is -0.0482. The van der Waals surface area contributed by atoms with E-state index in [0.717, 1.165) is 16.3 Å². The molecule has 1 heterocycles. The van der Waals surface area contributed by atoms with Gasteiger partial charge in [0.15, 0.2) is 5.78 Å². The van der Waals surface area contributed by atoms with E-state index in [1.54, 1.807) is 18.2 Å². The number of ketones is 1. The Bertz CT molecular complexity index is 742. The lowest BCUT2D eigenvalue weighted by Crippen LogP contribution is -2.10. The maximum absolute atomic E-state index is 12.3. The average Bonchev–Trinajstić information content (AvgIpc) is 2.82. The molecule has 0 aliphatic heterocycles. The number of allylic oxidation sites excluding steroid dienone is 1. The Labute approximate surface area is 139 Å². The van der Waals surface area contributed by atoms with Crippen LogP contribution in [0.4, 0.5) is 0 Å². The fraction of sp³-hybridized carbons (Fsp3) is 0.294. The number of carbonyl (C=O) groups is 1. The van der Waals surface area contributed by atoms with Crippen LogP contribution in [0.5, 0.6) is 5.75 Å². The van der Waals surface area contributed by atoms with Crippen LogP contribution in [0.3, 0.4) is 0 Å². The largest absolute Gasteiger partial charge is 0.506 e. The number of thiazole rings is 1. The summed E-state index contributed by atoms with van der Waals surface area (Å²) < 4.78 is 0. The summed E-state index contributed by atoms with van der Waals surface area (Å²) in [4.78, 5) is 17.5. The van der Waals surface area contributed by atoms with Crippen molar-refractivity contribution in [1.29, 1.82) is 0 Å². The van der Waals surface area contributed by atoms with Crippen molar-refractivity contribution in [2.75, 3.05) is 0 Å². The smallest absolute Gasteiger partial charge is 0.197 e. The minimum Gasteiger partial charge on any atom is -0.506 e. The van der Waals surface area contributed by atoms with Gasteiger partial charge in [-0.25, -0.2) is 4.98 Å². The molecule has 0 bridgehead atoms. The van der Waals surface area contributed by atoms with Crippen LogP contribution < -0.4 is 0 Å². The van der Waals surface area contributed by atoms with Gasteiger partial charge in [-0.1, -0.05) is 44.5 Å². The van der Waals surface area contributed by atoms with Crippen molar-refractivity contribution in [2.24, 2.45) is 0 Å². The van der Waals surface area contributed by atoms with Crippen LogP contribution in [0, 0.1) is 6.92 Å². The Morgan fingerprint density at radius 1 is 1.36 bits per heavy atom. The summed E-state index contributed by atoms with van der Waals surface area (Å²) in [6.45, 7) is 8.08. The van der Waals surface area contributed by atoms with Crippen molar-refractivity contribution >= 4 is 34.8 Å². The monoisotopic (exact) mass is 335 g/mol. The van der Waals surface area contributed by atoms with E-state index in [1.807, 2.05) is 6.92 Å². The van der Waals surface area contributed by atoms with Gasteiger partial charge in [0.25, 0.3) is 0 Å². The minimum atomic E-state index is -0.0744. The van der Waals surface area contributed by atoms with Gasteiger partial charge < -0.3 is 5.11 Å². The van der Waals surface area contributed by atoms with Crippen molar-refractivity contribution in [3.8, 4) is 5.75 Å². The Balaban J connectivity index is 2.23. The molecule has 0 saturated heterocycles. The van der Waals surface area contributed by atoms with Gasteiger partial charge in [-0.3, -0.25) is 4.79 Å². The van der Waals surface area contributed by atoms with E-state index in [1.165, 1.54) is 23.5 Å². The van der Waals surface area contributed by atoms with Gasteiger partial charge in [-0.05, 0) is 30.7 Å². The van der Waals surface area contributed by atoms with Gasteiger partial charge in [0.2, 0.25) is 0 Å². The second-order valence-electron chi connectivity index (χ2n) is 6.09. The highest BCUT2D eigenvalue weighted by molar-refractivity contribution is 7.14. The number of hydrogen-bond donors (Lipinski definition) is 1. The molecule has 0 aliphatic carbocycles. The SMILES string of the molecule is Cc1nc(C(C)(C)C)sc1C(=O)/C=C/c1ccc(O)c(Cl)c1. The average molecular weight is 336 g/mol. The van der Waals surface area contributed by atoms with Crippen molar-refractivity contribution in [1.82, 2.24) is 4.98 Å². The number of carbonyl (C=O) groups excluding carboxylic acids is 1. The first-order valence-electron chi connectivity index (χ1n) is 6.87. The van der Waals surface area contributed by atoms with Crippen molar-refractivity contribution in [3.05, 3.63) is 50.4 Å². The van der Waals surface area contributed by atoms with Gasteiger partial charge in [-0.2, -0.15) is 0 Å². The van der Waals surface area contributed by atoms with Crippen LogP contribution >= 0.6 is 22.9 Å². The summed E-state index contributed by atoms with van der Waals surface area (Å²) in [7, 11) is 0. The van der Waals surface area contributed by atoms with E-state index in [-0.39, 0.29) is 22.0 Å². The molecule has 2 rings (SSSR count). The van der Waals surface area contributed by atoms with Crippen LogP contribution in [0.2, 0.25) is 5.02 Å². The number of phenolic OH excluding ortho intramolecular Hbond substituents is 1. The number of aryl methyl sites for hydroxylation is 1. The van der Waals surface area contributed by atoms with Crippen LogP contribution in [-0.2, 0) is 5.41 Å². The molecule has 3 nitrogen and oxygen atoms in total. The van der Waals surface area contributed by atoms with E-state index in [2.05, 4.69) is 25.8 Å². The first-order valence-corrected chi connectivity index (χ1v) is 8.07. The van der Waals surface area contributed by atoms with Crippen molar-refractivity contribution in [3.63, 3.8) is 0 Å². The molecular weight excluding hydrogens is 318 g/mol. The Morgan fingerprint density at radius 3 is 2.59 bits per heavy atom. The second-order valence-corrected chi connectivity index (χ2v) is 7.50. The minimum absolute atomic E-state index is 0.0262. The zero-order valence-corrected chi connectivity index (χ0v) is 14.5. The third-order valence-corrected chi connectivity index (χ3v) is 4.96. The number of nitrogens with zero attached hydrogens (tertiary/aromatic N) is 1. The standard InChI is InChI=1S/C17H18ClNO2S/c1-10-15(22-16(19-10)17(2,3)4)14(21)8-6-11-5-7-13(20)12(18)9-11/h5-9,20H,1-4H3/b8-6+. The predicted octanol–water partition coefficient (Wildman–Crippen LogP) is 5.00. The number of halogens is 1. The highest BCUT2D eigenvalue weighted by Gasteiger charge is 2.22. The molecule has 0 aliphatic rings. The number of rotatable bonds is 3. The molecule has 0 unspecified atom stereocenters. The van der Waals surface area contributed by atoms with E-state index < -0.39 is 0 Å². The number of hydrogen-bond acceptors (Lipinski definition) is 4. The lowest BCUT2D eigenvalue weighted by Gasteiger charge is -2.13. The summed E-state index contributed by atoms with van der Waals surface area (Å²) in [5.41, 5.74) is 1.45. The second kappa shape index (κ2) is 6.23. The molecule has 116 valence electrons. The predicted molar refractivity (Wildman–Crippen MR) is 92.0 cm³/mol. The molecule has 1 aromatic carbocycles. The number of benzene rings is 1. The van der Waals surface area contributed by atoms with Gasteiger partial charge >= 0.3 is 0 Å². The first-order chi connectivity index (χ1) is 10.2. The molecule has 0 saturated carbocycles. The molecule has 0 amide bonds. The fourth-order valence-corrected chi connectivity index (χ4v) is 3.05. The molecule has 22 heavy (non-hydrogen) atoms. The molecular formula is C17H18ClNO2S. The van der Waals surface area contributed by atoms with Crippen LogP contribution in [0.25, 0.3) is 6.08 Å². The van der Waals surface area contributed by atoms with Crippen molar-refractivity contribution < 1.29 is 9.90 Å². The first kappa shape index (κ1) is 16.7. The quantitative estimate of drug-likeness (QED) is 0.634. The molecule has 0 spiro atoms. The Kier molecular flexibility index (Phi) is 4.73. The van der Waals surface area contributed by atoms with Crippen molar-refractivity contribution in [2.45, 2.75) is 33.1 Å². The number of phenols is 1. The molecule has 2 aromatic rings. The normalized spacial score (nSPS) is 12.0. The summed E-state index contributed by atoms with van der Waals surface area (Å²) in [5, 5.41) is 10.6. The van der Waals surface area contributed by atoms with Gasteiger partial charge in [0, 0.05) is 5.41 Å². The lowest BCUT2D eigenvalue weighted by molar-refractivity contribution is 0.105. The molecule has 1 aromatic heterocycles. The molecule has 0 fully saturated rings. The number of aromatic hydroxyl groups is 1. The van der Waals surface area contributed by atoms with E-state index in [0.29, 0.717) is 4.88 Å². The Hall–Kier alpha value is -1.65. The van der Waals surface area contributed by atoms with E-state index >= 15 is 0 Å². The Morgan fingerprint density at radius 2 is 2.05 bits per heavy atom. The maximum Gasteiger partial charge on any atom is 0.197 e. The summed E-state index contributed by atoms with van der Waals surface area (Å²) in [6, 6.07) is 4.81. The van der Waals surface area contributed by atoms with E-state index in [9.17, 15) is 9.90 Å². The van der Waals surface area contributed by atoms with Crippen LogP contribution in [0.1, 0.15) is 46.7 Å². The zero-order chi connectivity index (χ0) is 16.5. The van der Waals surface area contributed by atoms with Gasteiger partial charge in [0.05, 0.1) is 20.6 Å². The fourth-order valence-electron chi connectivity index (χ4n) is 1.82. The number of aromatic nitrogens is 1. The maximum atomic E-state index is 12.3. The molecule has 0 radical (unpaired) electrons. The highest BCUT2D eigenvalue weighted by atomic mass is 35.5. The van der Waals surface area contributed by atoms with Crippen LogP contribution in [0.15, 0.2) is 24.3 Å². The summed E-state index contributed by atoms with van der Waals surface area (Å²) >= 11 is 7.29. The highest BCUT2D eigenvalue weighted by Crippen LogP contribution is 2.30. The lowest BCUT2D eigenvalue weighted by atomic mass is 9.98. The van der Waals surface area contributed by atoms with E-state index in [4.69, 9.17) is 11.6 Å². The van der Waals surface area contributed by atoms with Gasteiger partial charge in [-0.15, -0.1) is 11.3 Å². The van der Waals surface area contributed by atoms with Crippen LogP contribution in [-0.4, -0.2) is 15.9 Å².